The molecule has 2 N–H and O–H groups in total. The zero-order valence-corrected chi connectivity index (χ0v) is 7.40. The number of nitrogens with zero attached hydrogens (tertiary/aromatic N) is 2. The van der Waals surface area contributed by atoms with Crippen LogP contribution in [0.3, 0.4) is 0 Å². The van der Waals surface area contributed by atoms with Gasteiger partial charge >= 0.3 is 0 Å². The van der Waals surface area contributed by atoms with E-state index in [0.29, 0.717) is 5.56 Å². The Bertz CT molecular complexity index is 353. The molecule has 1 aromatic heterocycles. The Morgan fingerprint density at radius 3 is 2.93 bits per heavy atom. The predicted molar refractivity (Wildman–Crippen MR) is 48.4 cm³/mol. The van der Waals surface area contributed by atoms with E-state index in [4.69, 9.17) is 10.4 Å². The van der Waals surface area contributed by atoms with Gasteiger partial charge in [0.1, 0.15) is 11.8 Å². The van der Waals surface area contributed by atoms with Gasteiger partial charge in [0.15, 0.2) is 0 Å². The maximum absolute atomic E-state index is 11.3. The molecule has 0 fully saturated rings. The highest BCUT2D eigenvalue weighted by Gasteiger charge is 2.04. The van der Waals surface area contributed by atoms with Gasteiger partial charge in [0, 0.05) is 12.7 Å². The van der Waals surface area contributed by atoms with Crippen molar-refractivity contribution in [3.05, 3.63) is 29.6 Å². The van der Waals surface area contributed by atoms with Crippen LogP contribution in [0, 0.1) is 11.3 Å². The first-order valence-electron chi connectivity index (χ1n) is 4.03. The number of aromatic nitrogens is 1. The average molecular weight is 191 g/mol. The van der Waals surface area contributed by atoms with E-state index in [0.717, 1.165) is 0 Å². The van der Waals surface area contributed by atoms with Gasteiger partial charge in [0.2, 0.25) is 0 Å². The molecule has 72 valence electrons. The lowest BCUT2D eigenvalue weighted by Gasteiger charge is -2.01. The van der Waals surface area contributed by atoms with Crippen molar-refractivity contribution in [2.75, 3.05) is 13.2 Å². The molecular weight excluding hydrogens is 182 g/mol. The number of carbonyl (C=O) groups is 1. The first-order chi connectivity index (χ1) is 6.77. The highest BCUT2D eigenvalue weighted by molar-refractivity contribution is 5.93. The summed E-state index contributed by atoms with van der Waals surface area (Å²) in [4.78, 5) is 15.0. The Labute approximate surface area is 81.0 Å². The second-order valence-electron chi connectivity index (χ2n) is 2.52. The topological polar surface area (TPSA) is 86.0 Å². The molecular formula is C9H9N3O2. The third-order valence-electron chi connectivity index (χ3n) is 1.54. The first kappa shape index (κ1) is 10.2. The van der Waals surface area contributed by atoms with Gasteiger partial charge in [-0.3, -0.25) is 4.79 Å². The van der Waals surface area contributed by atoms with Gasteiger partial charge in [-0.25, -0.2) is 4.98 Å². The number of carbonyl (C=O) groups excluding carboxylic acids is 1. The van der Waals surface area contributed by atoms with Crippen LogP contribution >= 0.6 is 0 Å². The first-order valence-corrected chi connectivity index (χ1v) is 4.03. The molecule has 1 rings (SSSR count). The number of rotatable bonds is 3. The molecule has 0 radical (unpaired) electrons. The fourth-order valence-corrected chi connectivity index (χ4v) is 0.866. The summed E-state index contributed by atoms with van der Waals surface area (Å²) >= 11 is 0. The molecule has 0 aromatic carbocycles. The van der Waals surface area contributed by atoms with Crippen molar-refractivity contribution in [2.45, 2.75) is 0 Å². The summed E-state index contributed by atoms with van der Waals surface area (Å²) in [7, 11) is 0. The molecule has 5 nitrogen and oxygen atoms in total. The van der Waals surface area contributed by atoms with Crippen LogP contribution in [-0.4, -0.2) is 29.1 Å². The van der Waals surface area contributed by atoms with E-state index < -0.39 is 0 Å². The molecule has 0 aliphatic heterocycles. The number of pyridine rings is 1. The SMILES string of the molecule is N#Cc1ccc(C(=O)NCCO)cn1. The van der Waals surface area contributed by atoms with Crippen molar-refractivity contribution in [1.29, 1.82) is 5.26 Å². The van der Waals surface area contributed by atoms with Gasteiger partial charge in [0.25, 0.3) is 5.91 Å². The minimum absolute atomic E-state index is 0.102. The Morgan fingerprint density at radius 1 is 1.64 bits per heavy atom. The molecule has 0 aliphatic rings. The van der Waals surface area contributed by atoms with Crippen LogP contribution in [0.25, 0.3) is 0 Å². The molecule has 0 aliphatic carbocycles. The number of nitrogens with one attached hydrogen (secondary N) is 1. The molecule has 0 saturated heterocycles. The number of hydrogen-bond acceptors (Lipinski definition) is 4. The molecule has 0 bridgehead atoms. The van der Waals surface area contributed by atoms with Crippen molar-refractivity contribution in [2.24, 2.45) is 0 Å². The third-order valence-corrected chi connectivity index (χ3v) is 1.54. The van der Waals surface area contributed by atoms with Crippen molar-refractivity contribution in [3.8, 4) is 6.07 Å². The van der Waals surface area contributed by atoms with Crippen LogP contribution in [0.4, 0.5) is 0 Å². The molecule has 0 atom stereocenters. The van der Waals surface area contributed by atoms with Crippen LogP contribution in [-0.2, 0) is 0 Å². The third kappa shape index (κ3) is 2.54. The zero-order chi connectivity index (χ0) is 10.4. The van der Waals surface area contributed by atoms with Crippen molar-refractivity contribution in [1.82, 2.24) is 10.3 Å². The predicted octanol–water partition coefficient (Wildman–Crippen LogP) is -0.325. The molecule has 1 heterocycles. The van der Waals surface area contributed by atoms with E-state index in [9.17, 15) is 4.79 Å². The quantitative estimate of drug-likeness (QED) is 0.685. The smallest absolute Gasteiger partial charge is 0.252 e. The summed E-state index contributed by atoms with van der Waals surface area (Å²) in [6.07, 6.45) is 1.32. The zero-order valence-electron chi connectivity index (χ0n) is 7.40. The molecule has 0 unspecified atom stereocenters. The minimum atomic E-state index is -0.309. The van der Waals surface area contributed by atoms with Crippen molar-refractivity contribution >= 4 is 5.91 Å². The van der Waals surface area contributed by atoms with Gasteiger partial charge in [-0.1, -0.05) is 0 Å². The molecule has 1 aromatic rings. The average Bonchev–Trinajstić information content (AvgIpc) is 2.26. The van der Waals surface area contributed by atoms with Gasteiger partial charge in [-0.05, 0) is 12.1 Å². The Kier molecular flexibility index (Phi) is 3.58. The van der Waals surface area contributed by atoms with Crippen LogP contribution in [0.2, 0.25) is 0 Å². The van der Waals surface area contributed by atoms with Gasteiger partial charge in [-0.2, -0.15) is 5.26 Å². The number of amides is 1. The fourth-order valence-electron chi connectivity index (χ4n) is 0.866. The highest BCUT2D eigenvalue weighted by atomic mass is 16.3. The maximum Gasteiger partial charge on any atom is 0.252 e. The van der Waals surface area contributed by atoms with E-state index in [1.165, 1.54) is 18.3 Å². The molecule has 1 amide bonds. The van der Waals surface area contributed by atoms with E-state index in [1.807, 2.05) is 6.07 Å². The normalized spacial score (nSPS) is 9.14. The van der Waals surface area contributed by atoms with Gasteiger partial charge in [-0.15, -0.1) is 0 Å². The lowest BCUT2D eigenvalue weighted by Crippen LogP contribution is -2.26. The largest absolute Gasteiger partial charge is 0.395 e. The van der Waals surface area contributed by atoms with Crippen LogP contribution in [0.5, 0.6) is 0 Å². The van der Waals surface area contributed by atoms with Crippen molar-refractivity contribution < 1.29 is 9.90 Å². The number of nitriles is 1. The van der Waals surface area contributed by atoms with Crippen LogP contribution < -0.4 is 5.32 Å². The van der Waals surface area contributed by atoms with Crippen LogP contribution in [0.15, 0.2) is 18.3 Å². The lowest BCUT2D eigenvalue weighted by molar-refractivity contribution is 0.0944. The van der Waals surface area contributed by atoms with E-state index in [-0.39, 0.29) is 24.8 Å². The number of aliphatic hydroxyl groups is 1. The summed E-state index contributed by atoms with van der Waals surface area (Å²) in [6.45, 7) is 0.105. The second-order valence-corrected chi connectivity index (χ2v) is 2.52. The van der Waals surface area contributed by atoms with Gasteiger partial charge in [0.05, 0.1) is 12.2 Å². The van der Waals surface area contributed by atoms with Crippen molar-refractivity contribution in [3.63, 3.8) is 0 Å². The van der Waals surface area contributed by atoms with E-state index >= 15 is 0 Å². The van der Waals surface area contributed by atoms with E-state index in [1.54, 1.807) is 0 Å². The molecule has 14 heavy (non-hydrogen) atoms. The highest BCUT2D eigenvalue weighted by Crippen LogP contribution is 1.98. The Hall–Kier alpha value is -1.93. The lowest BCUT2D eigenvalue weighted by atomic mass is 10.2. The molecule has 0 spiro atoms. The standard InChI is InChI=1S/C9H9N3O2/c10-5-8-2-1-7(6-12-8)9(14)11-3-4-13/h1-2,6,13H,3-4H2,(H,11,14). The summed E-state index contributed by atoms with van der Waals surface area (Å²) in [5.41, 5.74) is 0.640. The second kappa shape index (κ2) is 4.94. The monoisotopic (exact) mass is 191 g/mol. The molecule has 5 heteroatoms. The summed E-state index contributed by atoms with van der Waals surface area (Å²) in [5.74, 6) is -0.309. The Morgan fingerprint density at radius 2 is 2.43 bits per heavy atom. The van der Waals surface area contributed by atoms with Crippen LogP contribution in [0.1, 0.15) is 16.1 Å². The number of hydrogen-bond donors (Lipinski definition) is 2. The number of aliphatic hydroxyl groups excluding tert-OH is 1. The minimum Gasteiger partial charge on any atom is -0.395 e. The van der Waals surface area contributed by atoms with Gasteiger partial charge < -0.3 is 10.4 Å². The fraction of sp³-hybridized carbons (Fsp3) is 0.222. The Balaban J connectivity index is 2.68. The maximum atomic E-state index is 11.3. The summed E-state index contributed by atoms with van der Waals surface area (Å²) in [6, 6.07) is 4.83. The summed E-state index contributed by atoms with van der Waals surface area (Å²) < 4.78 is 0. The van der Waals surface area contributed by atoms with E-state index in [2.05, 4.69) is 10.3 Å². The summed E-state index contributed by atoms with van der Waals surface area (Å²) in [5, 5.41) is 19.4. The molecule has 0 saturated carbocycles.